The largest absolute Gasteiger partial charge is 0.467 e. The van der Waals surface area contributed by atoms with Crippen molar-refractivity contribution in [3.05, 3.63) is 42.4 Å². The molecule has 5 heteroatoms. The molecule has 0 saturated carbocycles. The van der Waals surface area contributed by atoms with Crippen LogP contribution in [0.25, 0.3) is 0 Å². The molecule has 2 heterocycles. The van der Waals surface area contributed by atoms with Crippen LogP contribution in [0.5, 0.6) is 0 Å². The van der Waals surface area contributed by atoms with Gasteiger partial charge in [0.25, 0.3) is 0 Å². The van der Waals surface area contributed by atoms with Gasteiger partial charge in [-0.3, -0.25) is 0 Å². The first-order chi connectivity index (χ1) is 7.74. The molecule has 2 atom stereocenters. The van der Waals surface area contributed by atoms with E-state index in [1.165, 1.54) is 0 Å². The van der Waals surface area contributed by atoms with Gasteiger partial charge < -0.3 is 14.7 Å². The van der Waals surface area contributed by atoms with Crippen molar-refractivity contribution in [2.24, 2.45) is 5.73 Å². The molecule has 2 N–H and O–H groups in total. The van der Waals surface area contributed by atoms with E-state index < -0.39 is 0 Å². The molecule has 0 radical (unpaired) electrons. The Hall–Kier alpha value is -2.06. The first-order valence-electron chi connectivity index (χ1n) is 4.96. The fourth-order valence-electron chi connectivity index (χ4n) is 1.73. The molecule has 82 valence electrons. The van der Waals surface area contributed by atoms with Crippen molar-refractivity contribution >= 4 is 0 Å². The van der Waals surface area contributed by atoms with Crippen LogP contribution in [0.2, 0.25) is 0 Å². The van der Waals surface area contributed by atoms with Gasteiger partial charge in [-0.15, -0.1) is 0 Å². The first-order valence-corrected chi connectivity index (χ1v) is 4.96. The van der Waals surface area contributed by atoms with Crippen LogP contribution in [0.4, 0.5) is 0 Å². The summed E-state index contributed by atoms with van der Waals surface area (Å²) in [6.07, 6.45) is 4.90. The Morgan fingerprint density at radius 2 is 2.44 bits per heavy atom. The molecule has 2 aromatic rings. The van der Waals surface area contributed by atoms with E-state index in [-0.39, 0.29) is 12.1 Å². The van der Waals surface area contributed by atoms with Crippen LogP contribution in [0.3, 0.4) is 0 Å². The highest BCUT2D eigenvalue weighted by molar-refractivity contribution is 5.18. The Morgan fingerprint density at radius 3 is 3.00 bits per heavy atom. The highest BCUT2D eigenvalue weighted by atomic mass is 16.3. The van der Waals surface area contributed by atoms with Crippen molar-refractivity contribution < 1.29 is 4.42 Å². The Kier molecular flexibility index (Phi) is 2.75. The summed E-state index contributed by atoms with van der Waals surface area (Å²) in [7, 11) is 0. The lowest BCUT2D eigenvalue weighted by Crippen LogP contribution is -2.30. The lowest BCUT2D eigenvalue weighted by atomic mass is 10.1. The fourth-order valence-corrected chi connectivity index (χ4v) is 1.73. The van der Waals surface area contributed by atoms with E-state index in [9.17, 15) is 0 Å². The van der Waals surface area contributed by atoms with Crippen LogP contribution in [0, 0.1) is 11.3 Å². The second-order valence-electron chi connectivity index (χ2n) is 3.59. The number of nitriles is 1. The minimum Gasteiger partial charge on any atom is -0.467 e. The number of furan rings is 1. The van der Waals surface area contributed by atoms with E-state index in [1.807, 2.05) is 19.1 Å². The highest BCUT2D eigenvalue weighted by Crippen LogP contribution is 2.22. The molecule has 2 aromatic heterocycles. The standard InChI is InChI=1S/C11H12N4O/c1-8(13)11(9-3-2-6-16-9)15-5-4-14-10(15)7-12/h2-6,8,11H,13H2,1H3. The SMILES string of the molecule is CC(N)C(c1ccco1)n1ccnc1C#N. The maximum absolute atomic E-state index is 8.93. The predicted molar refractivity (Wildman–Crippen MR) is 57.4 cm³/mol. The van der Waals surface area contributed by atoms with Crippen LogP contribution in [0.15, 0.2) is 35.2 Å². The van der Waals surface area contributed by atoms with Gasteiger partial charge in [-0.1, -0.05) is 0 Å². The van der Waals surface area contributed by atoms with Crippen molar-refractivity contribution in [2.45, 2.75) is 19.0 Å². The Morgan fingerprint density at radius 1 is 1.62 bits per heavy atom. The third-order valence-electron chi connectivity index (χ3n) is 2.40. The van der Waals surface area contributed by atoms with Crippen LogP contribution in [0.1, 0.15) is 24.6 Å². The minimum atomic E-state index is -0.202. The van der Waals surface area contributed by atoms with Crippen LogP contribution in [-0.4, -0.2) is 15.6 Å². The van der Waals surface area contributed by atoms with Crippen molar-refractivity contribution in [2.75, 3.05) is 0 Å². The summed E-state index contributed by atoms with van der Waals surface area (Å²) >= 11 is 0. The molecule has 0 fully saturated rings. The van der Waals surface area contributed by atoms with Crippen LogP contribution >= 0.6 is 0 Å². The molecule has 0 aliphatic heterocycles. The zero-order valence-electron chi connectivity index (χ0n) is 8.87. The average molecular weight is 216 g/mol. The molecule has 0 spiro atoms. The monoisotopic (exact) mass is 216 g/mol. The van der Waals surface area contributed by atoms with Crippen molar-refractivity contribution in [1.82, 2.24) is 9.55 Å². The van der Waals surface area contributed by atoms with E-state index in [0.717, 1.165) is 5.76 Å². The molecule has 0 amide bonds. The van der Waals surface area contributed by atoms with E-state index in [0.29, 0.717) is 5.82 Å². The fraction of sp³-hybridized carbons (Fsp3) is 0.273. The summed E-state index contributed by atoms with van der Waals surface area (Å²) in [6.45, 7) is 1.87. The van der Waals surface area contributed by atoms with Crippen LogP contribution in [-0.2, 0) is 0 Å². The lowest BCUT2D eigenvalue weighted by molar-refractivity contribution is 0.388. The van der Waals surface area contributed by atoms with Gasteiger partial charge in [-0.25, -0.2) is 4.98 Å². The second-order valence-corrected chi connectivity index (χ2v) is 3.59. The first kappa shape index (κ1) is 10.5. The Balaban J connectivity index is 2.46. The van der Waals surface area contributed by atoms with Crippen molar-refractivity contribution in [3.8, 4) is 6.07 Å². The van der Waals surface area contributed by atoms with Gasteiger partial charge in [-0.2, -0.15) is 5.26 Å². The third-order valence-corrected chi connectivity index (χ3v) is 2.40. The Labute approximate surface area is 93.1 Å². The molecule has 0 aliphatic carbocycles. The third kappa shape index (κ3) is 1.71. The smallest absolute Gasteiger partial charge is 0.213 e. The zero-order chi connectivity index (χ0) is 11.5. The molecular formula is C11H12N4O. The summed E-state index contributed by atoms with van der Waals surface area (Å²) in [5, 5.41) is 8.93. The van der Waals surface area contributed by atoms with Gasteiger partial charge in [0.15, 0.2) is 0 Å². The molecule has 0 bridgehead atoms. The number of rotatable bonds is 3. The van der Waals surface area contributed by atoms with Gasteiger partial charge in [0.1, 0.15) is 17.9 Å². The number of aromatic nitrogens is 2. The molecule has 0 aromatic carbocycles. The normalized spacial score (nSPS) is 14.3. The van der Waals surface area contributed by atoms with Gasteiger partial charge in [-0.05, 0) is 19.1 Å². The molecule has 5 nitrogen and oxygen atoms in total. The summed E-state index contributed by atoms with van der Waals surface area (Å²) in [4.78, 5) is 3.95. The zero-order valence-corrected chi connectivity index (χ0v) is 8.87. The lowest BCUT2D eigenvalue weighted by Gasteiger charge is -2.20. The highest BCUT2D eigenvalue weighted by Gasteiger charge is 2.23. The van der Waals surface area contributed by atoms with E-state index >= 15 is 0 Å². The summed E-state index contributed by atoms with van der Waals surface area (Å²) in [5.41, 5.74) is 5.92. The maximum Gasteiger partial charge on any atom is 0.213 e. The van der Waals surface area contributed by atoms with Crippen LogP contribution < -0.4 is 5.73 Å². The van der Waals surface area contributed by atoms with Gasteiger partial charge in [0.2, 0.25) is 5.82 Å². The summed E-state index contributed by atoms with van der Waals surface area (Å²) in [5.74, 6) is 1.06. The van der Waals surface area contributed by atoms with Gasteiger partial charge in [0, 0.05) is 18.4 Å². The molecule has 2 unspecified atom stereocenters. The van der Waals surface area contributed by atoms with Gasteiger partial charge >= 0.3 is 0 Å². The topological polar surface area (TPSA) is 80.8 Å². The van der Waals surface area contributed by atoms with E-state index in [1.54, 1.807) is 29.3 Å². The molecule has 0 aliphatic rings. The maximum atomic E-state index is 8.93. The van der Waals surface area contributed by atoms with E-state index in [2.05, 4.69) is 4.98 Å². The summed E-state index contributed by atoms with van der Waals surface area (Å²) < 4.78 is 7.07. The number of hydrogen-bond donors (Lipinski definition) is 1. The molecule has 2 rings (SSSR count). The number of imidazole rings is 1. The average Bonchev–Trinajstić information content (AvgIpc) is 2.88. The predicted octanol–water partition coefficient (Wildman–Crippen LogP) is 1.28. The summed E-state index contributed by atoms with van der Waals surface area (Å²) in [6, 6.07) is 5.29. The Bertz CT molecular complexity index is 492. The number of hydrogen-bond acceptors (Lipinski definition) is 4. The van der Waals surface area contributed by atoms with Crippen molar-refractivity contribution in [1.29, 1.82) is 5.26 Å². The quantitative estimate of drug-likeness (QED) is 0.838. The number of nitrogens with zero attached hydrogens (tertiary/aromatic N) is 3. The molecule has 0 saturated heterocycles. The molecular weight excluding hydrogens is 204 g/mol. The molecule has 16 heavy (non-hydrogen) atoms. The van der Waals surface area contributed by atoms with Gasteiger partial charge in [0.05, 0.1) is 6.26 Å². The minimum absolute atomic E-state index is 0.174. The second kappa shape index (κ2) is 4.21. The van der Waals surface area contributed by atoms with Crippen molar-refractivity contribution in [3.63, 3.8) is 0 Å². The number of nitrogens with two attached hydrogens (primary N) is 1. The van der Waals surface area contributed by atoms with E-state index in [4.69, 9.17) is 15.4 Å².